The van der Waals surface area contributed by atoms with Gasteiger partial charge < -0.3 is 15.4 Å². The van der Waals surface area contributed by atoms with E-state index in [0.717, 1.165) is 22.0 Å². The number of thiocarbonyl (C=S) groups is 1. The number of allylic oxidation sites excluding steroid dienone is 1. The van der Waals surface area contributed by atoms with Gasteiger partial charge in [-0.15, -0.1) is 0 Å². The van der Waals surface area contributed by atoms with Crippen LogP contribution in [-0.2, 0) is 9.53 Å². The smallest absolute Gasteiger partial charge is 0.338 e. The standard InChI is InChI=1S/C20H22N2O2S/c1-12-16(18(23)24-20(2,3)4)17(22-19(25)21-12)15-11-7-9-13-8-5-6-10-14(13)15/h5-11,17H,1-4H3,(H2,21,22,25)/t17-/m1/s1. The Hall–Kier alpha value is -2.40. The summed E-state index contributed by atoms with van der Waals surface area (Å²) in [4.78, 5) is 12.8. The van der Waals surface area contributed by atoms with E-state index in [1.165, 1.54) is 0 Å². The molecule has 0 amide bonds. The summed E-state index contributed by atoms with van der Waals surface area (Å²) in [6, 6.07) is 13.8. The zero-order valence-corrected chi connectivity index (χ0v) is 15.7. The molecule has 1 aliphatic heterocycles. The Labute approximate surface area is 153 Å². The van der Waals surface area contributed by atoms with Crippen molar-refractivity contribution >= 4 is 34.1 Å². The highest BCUT2D eigenvalue weighted by atomic mass is 32.1. The van der Waals surface area contributed by atoms with Gasteiger partial charge in [-0.2, -0.15) is 0 Å². The normalized spacial score (nSPS) is 17.9. The molecule has 0 radical (unpaired) electrons. The van der Waals surface area contributed by atoms with Crippen LogP contribution in [0.5, 0.6) is 0 Å². The molecule has 130 valence electrons. The average molecular weight is 354 g/mol. The molecule has 2 N–H and O–H groups in total. The Morgan fingerprint density at radius 1 is 1.12 bits per heavy atom. The lowest BCUT2D eigenvalue weighted by Gasteiger charge is -2.32. The van der Waals surface area contributed by atoms with Crippen LogP contribution in [0, 0.1) is 0 Å². The van der Waals surface area contributed by atoms with Crippen LogP contribution in [0.3, 0.4) is 0 Å². The van der Waals surface area contributed by atoms with Gasteiger partial charge in [-0.25, -0.2) is 4.79 Å². The van der Waals surface area contributed by atoms with E-state index in [1.807, 2.05) is 52.0 Å². The van der Waals surface area contributed by atoms with Crippen molar-refractivity contribution in [3.8, 4) is 0 Å². The first-order valence-corrected chi connectivity index (χ1v) is 8.66. The van der Waals surface area contributed by atoms with E-state index in [-0.39, 0.29) is 12.0 Å². The maximum absolute atomic E-state index is 12.8. The zero-order valence-electron chi connectivity index (χ0n) is 14.8. The highest BCUT2D eigenvalue weighted by Crippen LogP contribution is 2.33. The van der Waals surface area contributed by atoms with Crippen molar-refractivity contribution in [1.29, 1.82) is 0 Å². The summed E-state index contributed by atoms with van der Waals surface area (Å²) < 4.78 is 5.63. The second kappa shape index (κ2) is 6.48. The first-order valence-electron chi connectivity index (χ1n) is 8.25. The van der Waals surface area contributed by atoms with E-state index in [9.17, 15) is 4.79 Å². The largest absolute Gasteiger partial charge is 0.456 e. The third kappa shape index (κ3) is 3.66. The van der Waals surface area contributed by atoms with Crippen molar-refractivity contribution in [3.63, 3.8) is 0 Å². The van der Waals surface area contributed by atoms with E-state index in [0.29, 0.717) is 10.7 Å². The Bertz CT molecular complexity index is 875. The Kier molecular flexibility index (Phi) is 4.52. The Morgan fingerprint density at radius 3 is 2.52 bits per heavy atom. The number of esters is 1. The first-order chi connectivity index (χ1) is 11.8. The number of carbonyl (C=O) groups is 1. The van der Waals surface area contributed by atoms with Crippen LogP contribution in [0.1, 0.15) is 39.3 Å². The molecule has 25 heavy (non-hydrogen) atoms. The van der Waals surface area contributed by atoms with Crippen LogP contribution in [0.25, 0.3) is 10.8 Å². The molecule has 4 nitrogen and oxygen atoms in total. The van der Waals surface area contributed by atoms with Gasteiger partial charge in [-0.3, -0.25) is 0 Å². The van der Waals surface area contributed by atoms with Gasteiger partial charge in [0.05, 0.1) is 11.6 Å². The fourth-order valence-corrected chi connectivity index (χ4v) is 3.30. The third-order valence-electron chi connectivity index (χ3n) is 4.02. The molecule has 2 aromatic carbocycles. The number of fused-ring (bicyclic) bond motifs is 1. The number of benzene rings is 2. The number of ether oxygens (including phenoxy) is 1. The minimum Gasteiger partial charge on any atom is -0.456 e. The van der Waals surface area contributed by atoms with Gasteiger partial charge in [0.1, 0.15) is 5.60 Å². The second-order valence-corrected chi connectivity index (χ2v) is 7.55. The number of nitrogens with one attached hydrogen (secondary N) is 2. The topological polar surface area (TPSA) is 50.4 Å². The zero-order chi connectivity index (χ0) is 18.2. The molecule has 0 aromatic heterocycles. The molecule has 5 heteroatoms. The average Bonchev–Trinajstić information content (AvgIpc) is 2.51. The number of hydrogen-bond donors (Lipinski definition) is 2. The highest BCUT2D eigenvalue weighted by Gasteiger charge is 2.33. The third-order valence-corrected chi connectivity index (χ3v) is 4.24. The lowest BCUT2D eigenvalue weighted by atomic mass is 9.91. The molecule has 0 unspecified atom stereocenters. The molecular weight excluding hydrogens is 332 g/mol. The maximum Gasteiger partial charge on any atom is 0.338 e. The van der Waals surface area contributed by atoms with Gasteiger partial charge in [-0.1, -0.05) is 42.5 Å². The fourth-order valence-electron chi connectivity index (χ4n) is 3.03. The molecule has 1 atom stereocenters. The first kappa shape index (κ1) is 17.4. The molecule has 2 aromatic rings. The lowest BCUT2D eigenvalue weighted by Crippen LogP contribution is -2.45. The summed E-state index contributed by atoms with van der Waals surface area (Å²) in [6.07, 6.45) is 0. The van der Waals surface area contributed by atoms with Crippen LogP contribution < -0.4 is 10.6 Å². The summed E-state index contributed by atoms with van der Waals surface area (Å²) in [5.74, 6) is -0.342. The minimum atomic E-state index is -0.564. The van der Waals surface area contributed by atoms with Gasteiger partial charge in [0.2, 0.25) is 0 Å². The van der Waals surface area contributed by atoms with E-state index in [4.69, 9.17) is 17.0 Å². The van der Waals surface area contributed by atoms with Gasteiger partial charge in [-0.05, 0) is 56.2 Å². The summed E-state index contributed by atoms with van der Waals surface area (Å²) in [5, 5.41) is 8.98. The van der Waals surface area contributed by atoms with Crippen LogP contribution in [0.4, 0.5) is 0 Å². The number of carbonyl (C=O) groups excluding carboxylic acids is 1. The SMILES string of the molecule is CC1=C(C(=O)OC(C)(C)C)[C@@H](c2cccc3ccccc23)NC(=S)N1. The molecule has 0 aliphatic carbocycles. The van der Waals surface area contributed by atoms with Crippen molar-refractivity contribution in [2.24, 2.45) is 0 Å². The fraction of sp³-hybridized carbons (Fsp3) is 0.300. The molecule has 0 spiro atoms. The Balaban J connectivity index is 2.12. The van der Waals surface area contributed by atoms with Crippen LogP contribution in [0.15, 0.2) is 53.7 Å². The summed E-state index contributed by atoms with van der Waals surface area (Å²) in [7, 11) is 0. The predicted molar refractivity (Wildman–Crippen MR) is 104 cm³/mol. The molecule has 3 rings (SSSR count). The van der Waals surface area contributed by atoms with Crippen LogP contribution >= 0.6 is 12.2 Å². The summed E-state index contributed by atoms with van der Waals surface area (Å²) in [6.45, 7) is 7.44. The molecule has 1 heterocycles. The maximum atomic E-state index is 12.8. The van der Waals surface area contributed by atoms with Gasteiger partial charge >= 0.3 is 5.97 Å². The van der Waals surface area contributed by atoms with E-state index >= 15 is 0 Å². The van der Waals surface area contributed by atoms with E-state index in [1.54, 1.807) is 0 Å². The minimum absolute atomic E-state index is 0.342. The van der Waals surface area contributed by atoms with Crippen molar-refractivity contribution in [1.82, 2.24) is 10.6 Å². The van der Waals surface area contributed by atoms with E-state index in [2.05, 4.69) is 28.8 Å². The highest BCUT2D eigenvalue weighted by molar-refractivity contribution is 7.80. The second-order valence-electron chi connectivity index (χ2n) is 7.14. The summed E-state index contributed by atoms with van der Waals surface area (Å²) in [5.41, 5.74) is 1.71. The molecule has 0 fully saturated rings. The molecule has 0 saturated heterocycles. The molecule has 0 bridgehead atoms. The molecule has 0 saturated carbocycles. The van der Waals surface area contributed by atoms with Crippen LogP contribution in [-0.4, -0.2) is 16.7 Å². The monoisotopic (exact) mass is 354 g/mol. The van der Waals surface area contributed by atoms with Crippen LogP contribution in [0.2, 0.25) is 0 Å². The van der Waals surface area contributed by atoms with Crippen molar-refractivity contribution in [2.75, 3.05) is 0 Å². The quantitative estimate of drug-likeness (QED) is 0.631. The van der Waals surface area contributed by atoms with Crippen molar-refractivity contribution in [3.05, 3.63) is 59.3 Å². The molecule has 1 aliphatic rings. The Morgan fingerprint density at radius 2 is 1.80 bits per heavy atom. The summed E-state index contributed by atoms with van der Waals surface area (Å²) >= 11 is 5.32. The van der Waals surface area contributed by atoms with Gasteiger partial charge in [0, 0.05) is 5.70 Å². The van der Waals surface area contributed by atoms with Crippen molar-refractivity contribution in [2.45, 2.75) is 39.3 Å². The predicted octanol–water partition coefficient (Wildman–Crippen LogP) is 3.97. The van der Waals surface area contributed by atoms with E-state index < -0.39 is 5.60 Å². The van der Waals surface area contributed by atoms with Gasteiger partial charge in [0.25, 0.3) is 0 Å². The lowest BCUT2D eigenvalue weighted by molar-refractivity contribution is -0.150. The van der Waals surface area contributed by atoms with Gasteiger partial charge in [0.15, 0.2) is 5.11 Å². The number of hydrogen-bond acceptors (Lipinski definition) is 3. The molecular formula is C20H22N2O2S. The number of rotatable bonds is 2. The van der Waals surface area contributed by atoms with Crippen molar-refractivity contribution < 1.29 is 9.53 Å².